The first kappa shape index (κ1) is 17.1. The van der Waals surface area contributed by atoms with Crippen LogP contribution in [-0.4, -0.2) is 22.4 Å². The van der Waals surface area contributed by atoms with Gasteiger partial charge in [0.15, 0.2) is 0 Å². The Morgan fingerprint density at radius 2 is 1.83 bits per heavy atom. The summed E-state index contributed by atoms with van der Waals surface area (Å²) in [6, 6.07) is 8.13. The average Bonchev–Trinajstić information content (AvgIpc) is 2.97. The second-order valence-electron chi connectivity index (χ2n) is 6.43. The average molecular weight is 334 g/mol. The zero-order valence-corrected chi connectivity index (χ0v) is 14.1. The van der Waals surface area contributed by atoms with Gasteiger partial charge in [0, 0.05) is 18.1 Å². The van der Waals surface area contributed by atoms with E-state index in [4.69, 9.17) is 17.3 Å². The third-order valence-electron chi connectivity index (χ3n) is 3.52. The predicted octanol–water partition coefficient (Wildman–Crippen LogP) is 2.76. The lowest BCUT2D eigenvalue weighted by atomic mass is 9.86. The zero-order valence-electron chi connectivity index (χ0n) is 13.3. The van der Waals surface area contributed by atoms with Gasteiger partial charge >= 0.3 is 0 Å². The molecule has 2 rings (SSSR count). The van der Waals surface area contributed by atoms with Crippen LogP contribution in [0.5, 0.6) is 0 Å². The van der Waals surface area contributed by atoms with Gasteiger partial charge in [0.1, 0.15) is 6.04 Å². The van der Waals surface area contributed by atoms with Gasteiger partial charge in [0.05, 0.1) is 10.6 Å². The first-order valence-electron chi connectivity index (χ1n) is 7.23. The van der Waals surface area contributed by atoms with Gasteiger partial charge in [-0.2, -0.15) is 0 Å². The molecular weight excluding hydrogens is 314 g/mol. The van der Waals surface area contributed by atoms with E-state index < -0.39 is 23.3 Å². The maximum absolute atomic E-state index is 12.5. The van der Waals surface area contributed by atoms with Crippen molar-refractivity contribution in [1.82, 2.24) is 9.88 Å². The fourth-order valence-electron chi connectivity index (χ4n) is 2.28. The van der Waals surface area contributed by atoms with Gasteiger partial charge in [0.2, 0.25) is 5.91 Å². The van der Waals surface area contributed by atoms with Crippen molar-refractivity contribution in [1.29, 1.82) is 0 Å². The molecule has 1 atom stereocenters. The van der Waals surface area contributed by atoms with Crippen molar-refractivity contribution < 1.29 is 9.59 Å². The van der Waals surface area contributed by atoms with Crippen LogP contribution in [0.3, 0.4) is 0 Å². The van der Waals surface area contributed by atoms with Crippen molar-refractivity contribution in [3.8, 4) is 5.69 Å². The molecule has 5 nitrogen and oxygen atoms in total. The molecule has 0 bridgehead atoms. The lowest BCUT2D eigenvalue weighted by Crippen LogP contribution is -2.52. The van der Waals surface area contributed by atoms with E-state index in [-0.39, 0.29) is 0 Å². The fraction of sp³-hybridized carbons (Fsp3) is 0.294. The first-order chi connectivity index (χ1) is 10.7. The van der Waals surface area contributed by atoms with E-state index in [9.17, 15) is 9.59 Å². The van der Waals surface area contributed by atoms with Crippen LogP contribution in [0.4, 0.5) is 0 Å². The Balaban J connectivity index is 2.32. The van der Waals surface area contributed by atoms with Gasteiger partial charge in [-0.3, -0.25) is 9.59 Å². The van der Waals surface area contributed by atoms with E-state index in [1.165, 1.54) is 0 Å². The SMILES string of the molecule is CC(C)(C)[C@H](NC(=O)c1cc(-n2cccc2)ccc1Cl)C(N)=O. The lowest BCUT2D eigenvalue weighted by molar-refractivity contribution is -0.122. The summed E-state index contributed by atoms with van der Waals surface area (Å²) >= 11 is 6.14. The predicted molar refractivity (Wildman–Crippen MR) is 90.7 cm³/mol. The van der Waals surface area contributed by atoms with E-state index in [2.05, 4.69) is 5.32 Å². The highest BCUT2D eigenvalue weighted by Gasteiger charge is 2.31. The molecule has 0 aliphatic rings. The maximum atomic E-state index is 12.5. The van der Waals surface area contributed by atoms with Crippen molar-refractivity contribution >= 4 is 23.4 Å². The third-order valence-corrected chi connectivity index (χ3v) is 3.85. The van der Waals surface area contributed by atoms with Crippen LogP contribution in [0.1, 0.15) is 31.1 Å². The van der Waals surface area contributed by atoms with Gasteiger partial charge in [-0.15, -0.1) is 0 Å². The fourth-order valence-corrected chi connectivity index (χ4v) is 2.48. The Kier molecular flexibility index (Phi) is 4.80. The van der Waals surface area contributed by atoms with Crippen molar-refractivity contribution in [3.05, 3.63) is 53.3 Å². The molecule has 2 aromatic rings. The highest BCUT2D eigenvalue weighted by Crippen LogP contribution is 2.23. The topological polar surface area (TPSA) is 77.1 Å². The smallest absolute Gasteiger partial charge is 0.253 e. The number of nitrogens with one attached hydrogen (secondary N) is 1. The number of carbonyl (C=O) groups is 2. The van der Waals surface area contributed by atoms with Crippen LogP contribution in [0.25, 0.3) is 5.69 Å². The van der Waals surface area contributed by atoms with Crippen molar-refractivity contribution in [3.63, 3.8) is 0 Å². The van der Waals surface area contributed by atoms with Gasteiger partial charge in [0.25, 0.3) is 5.91 Å². The molecule has 6 heteroatoms. The number of hydrogen-bond acceptors (Lipinski definition) is 2. The second-order valence-corrected chi connectivity index (χ2v) is 6.84. The van der Waals surface area contributed by atoms with E-state index in [1.54, 1.807) is 12.1 Å². The molecule has 0 saturated heterocycles. The summed E-state index contributed by atoms with van der Waals surface area (Å²) in [6.45, 7) is 5.50. The van der Waals surface area contributed by atoms with E-state index >= 15 is 0 Å². The van der Waals surface area contributed by atoms with E-state index in [0.717, 1.165) is 5.69 Å². The van der Waals surface area contributed by atoms with Gasteiger partial charge in [-0.1, -0.05) is 32.4 Å². The number of hydrogen-bond donors (Lipinski definition) is 2. The first-order valence-corrected chi connectivity index (χ1v) is 7.61. The largest absolute Gasteiger partial charge is 0.368 e. The van der Waals surface area contributed by atoms with Crippen LogP contribution >= 0.6 is 11.6 Å². The highest BCUT2D eigenvalue weighted by atomic mass is 35.5. The number of benzene rings is 1. The van der Waals surface area contributed by atoms with Crippen LogP contribution in [0.15, 0.2) is 42.7 Å². The minimum absolute atomic E-state index is 0.299. The zero-order chi connectivity index (χ0) is 17.2. The number of halogens is 1. The molecule has 23 heavy (non-hydrogen) atoms. The Hall–Kier alpha value is -2.27. The molecule has 0 spiro atoms. The number of carbonyl (C=O) groups excluding carboxylic acids is 2. The molecule has 0 saturated carbocycles. The van der Waals surface area contributed by atoms with Crippen molar-refractivity contribution in [2.45, 2.75) is 26.8 Å². The molecule has 0 fully saturated rings. The standard InChI is InChI=1S/C17H20ClN3O2/c1-17(2,3)14(15(19)22)20-16(23)12-10-11(6-7-13(12)18)21-8-4-5-9-21/h4-10,14H,1-3H3,(H2,19,22)(H,20,23)/t14-/m1/s1. The minimum Gasteiger partial charge on any atom is -0.368 e. The normalized spacial score (nSPS) is 12.7. The summed E-state index contributed by atoms with van der Waals surface area (Å²) in [6.07, 6.45) is 3.73. The third kappa shape index (κ3) is 3.93. The number of primary amides is 1. The number of nitrogens with two attached hydrogens (primary N) is 1. The summed E-state index contributed by atoms with van der Waals surface area (Å²) in [5.74, 6) is -1.01. The van der Waals surface area contributed by atoms with Crippen LogP contribution < -0.4 is 11.1 Å². The molecule has 3 N–H and O–H groups in total. The Morgan fingerprint density at radius 3 is 2.35 bits per heavy atom. The van der Waals surface area contributed by atoms with E-state index in [1.807, 2.05) is 55.9 Å². The van der Waals surface area contributed by atoms with Crippen molar-refractivity contribution in [2.24, 2.45) is 11.1 Å². The van der Waals surface area contributed by atoms with Gasteiger partial charge in [-0.05, 0) is 35.7 Å². The van der Waals surface area contributed by atoms with Crippen molar-refractivity contribution in [2.75, 3.05) is 0 Å². The summed E-state index contributed by atoms with van der Waals surface area (Å²) in [7, 11) is 0. The number of rotatable bonds is 4. The Labute approximate surface area is 140 Å². The Morgan fingerprint density at radius 1 is 1.22 bits per heavy atom. The molecule has 0 unspecified atom stereocenters. The summed E-state index contributed by atoms with van der Waals surface area (Å²) in [4.78, 5) is 24.2. The molecule has 1 aromatic heterocycles. The second kappa shape index (κ2) is 6.46. The molecule has 122 valence electrons. The number of nitrogens with zero attached hydrogens (tertiary/aromatic N) is 1. The lowest BCUT2D eigenvalue weighted by Gasteiger charge is -2.28. The van der Waals surface area contributed by atoms with Crippen LogP contribution in [-0.2, 0) is 4.79 Å². The highest BCUT2D eigenvalue weighted by molar-refractivity contribution is 6.34. The molecule has 0 aliphatic heterocycles. The molecule has 0 radical (unpaired) electrons. The van der Waals surface area contributed by atoms with Gasteiger partial charge in [-0.25, -0.2) is 0 Å². The maximum Gasteiger partial charge on any atom is 0.253 e. The summed E-state index contributed by atoms with van der Waals surface area (Å²) in [5, 5.41) is 2.99. The number of amides is 2. The molecular formula is C17H20ClN3O2. The van der Waals surface area contributed by atoms with E-state index in [0.29, 0.717) is 10.6 Å². The molecule has 2 amide bonds. The van der Waals surface area contributed by atoms with Crippen LogP contribution in [0, 0.1) is 5.41 Å². The molecule has 0 aliphatic carbocycles. The number of aromatic nitrogens is 1. The van der Waals surface area contributed by atoms with Gasteiger partial charge < -0.3 is 15.6 Å². The van der Waals surface area contributed by atoms with Crippen LogP contribution in [0.2, 0.25) is 5.02 Å². The minimum atomic E-state index is -0.790. The Bertz CT molecular complexity index is 718. The summed E-state index contributed by atoms with van der Waals surface area (Å²) < 4.78 is 1.86. The molecule has 1 aromatic carbocycles. The quantitative estimate of drug-likeness (QED) is 0.902. The molecule has 1 heterocycles. The monoisotopic (exact) mass is 333 g/mol. The summed E-state index contributed by atoms with van der Waals surface area (Å²) in [5.41, 5.74) is 6.01.